The maximum atomic E-state index is 12.6. The van der Waals surface area contributed by atoms with Crippen LogP contribution in [-0.2, 0) is 0 Å². The van der Waals surface area contributed by atoms with Crippen LogP contribution in [-0.4, -0.2) is 42.1 Å². The maximum Gasteiger partial charge on any atom is 0.293 e. The van der Waals surface area contributed by atoms with Gasteiger partial charge in [0.2, 0.25) is 0 Å². The molecule has 4 rings (SSSR count). The fourth-order valence-electron chi connectivity index (χ4n) is 4.17. The van der Waals surface area contributed by atoms with Crippen molar-refractivity contribution >= 4 is 57.6 Å². The summed E-state index contributed by atoms with van der Waals surface area (Å²) in [6.45, 7) is 3.53. The van der Waals surface area contributed by atoms with E-state index in [1.165, 1.54) is 6.07 Å². The fraction of sp³-hybridized carbons (Fsp3) is 0.364. The predicted octanol–water partition coefficient (Wildman–Crippen LogP) is 4.58. The zero-order valence-electron chi connectivity index (χ0n) is 17.5. The molecule has 0 aromatic heterocycles. The molecule has 2 aliphatic rings. The van der Waals surface area contributed by atoms with Crippen LogP contribution in [0.25, 0.3) is 0 Å². The zero-order chi connectivity index (χ0) is 22.7. The first-order valence-corrected chi connectivity index (χ1v) is 11.4. The summed E-state index contributed by atoms with van der Waals surface area (Å²) >= 11 is 11.7. The molecule has 8 nitrogen and oxygen atoms in total. The van der Waals surface area contributed by atoms with Crippen LogP contribution in [0.2, 0.25) is 5.02 Å². The number of nitrogens with one attached hydrogen (secondary N) is 2. The number of anilines is 3. The van der Waals surface area contributed by atoms with Gasteiger partial charge in [-0.25, -0.2) is 0 Å². The third kappa shape index (κ3) is 4.94. The number of nitro benzene ring substituents is 1. The molecule has 2 aromatic carbocycles. The highest BCUT2D eigenvalue weighted by Crippen LogP contribution is 2.32. The Balaban J connectivity index is 1.42. The molecule has 0 bridgehead atoms. The zero-order valence-corrected chi connectivity index (χ0v) is 19.0. The van der Waals surface area contributed by atoms with Crippen molar-refractivity contribution < 1.29 is 9.72 Å². The number of amides is 1. The monoisotopic (exact) mass is 473 g/mol. The van der Waals surface area contributed by atoms with Gasteiger partial charge in [0, 0.05) is 43.5 Å². The van der Waals surface area contributed by atoms with Crippen molar-refractivity contribution in [3.05, 3.63) is 57.1 Å². The van der Waals surface area contributed by atoms with Gasteiger partial charge in [-0.1, -0.05) is 11.6 Å². The van der Waals surface area contributed by atoms with E-state index in [0.29, 0.717) is 16.4 Å². The van der Waals surface area contributed by atoms with Crippen molar-refractivity contribution in [2.75, 3.05) is 41.3 Å². The molecule has 0 spiro atoms. The number of thiocarbonyl (C=S) groups is 1. The molecule has 32 heavy (non-hydrogen) atoms. The summed E-state index contributed by atoms with van der Waals surface area (Å²) in [4.78, 5) is 28.0. The lowest BCUT2D eigenvalue weighted by Crippen LogP contribution is -2.34. The summed E-state index contributed by atoms with van der Waals surface area (Å²) in [6, 6.07) is 10.1. The molecule has 0 atom stereocenters. The third-order valence-electron chi connectivity index (χ3n) is 5.76. The predicted molar refractivity (Wildman–Crippen MR) is 131 cm³/mol. The SMILES string of the molecule is O=C(NC(=S)Nc1ccc(N2CCCC2)c(Cl)c1)c1ccc(N2CCCC2)c([N+](=O)[O-])c1. The van der Waals surface area contributed by atoms with E-state index in [-0.39, 0.29) is 16.4 Å². The van der Waals surface area contributed by atoms with Gasteiger partial charge in [-0.2, -0.15) is 0 Å². The standard InChI is InChI=1S/C22H24ClN5O3S/c23-17-14-16(6-8-18(17)26-9-1-2-10-26)24-22(32)25-21(29)15-5-7-19(20(13-15)28(30)31)27-11-3-4-12-27/h5-8,13-14H,1-4,9-12H2,(H2,24,25,29,32). The highest BCUT2D eigenvalue weighted by atomic mass is 35.5. The van der Waals surface area contributed by atoms with Crippen LogP contribution in [0.4, 0.5) is 22.7 Å². The molecule has 2 heterocycles. The van der Waals surface area contributed by atoms with Gasteiger partial charge >= 0.3 is 0 Å². The van der Waals surface area contributed by atoms with Gasteiger partial charge in [0.15, 0.2) is 5.11 Å². The van der Waals surface area contributed by atoms with Crippen LogP contribution < -0.4 is 20.4 Å². The quantitative estimate of drug-likeness (QED) is 0.373. The average Bonchev–Trinajstić information content (AvgIpc) is 3.47. The Morgan fingerprint density at radius 1 is 0.969 bits per heavy atom. The minimum absolute atomic E-state index is 0.0808. The molecule has 10 heteroatoms. The van der Waals surface area contributed by atoms with Crippen LogP contribution >= 0.6 is 23.8 Å². The van der Waals surface area contributed by atoms with Crippen LogP contribution in [0.3, 0.4) is 0 Å². The van der Waals surface area contributed by atoms with Gasteiger partial charge in [0.25, 0.3) is 11.6 Å². The number of benzene rings is 2. The van der Waals surface area contributed by atoms with E-state index in [1.807, 2.05) is 17.0 Å². The molecular weight excluding hydrogens is 450 g/mol. The molecule has 2 aromatic rings. The lowest BCUT2D eigenvalue weighted by molar-refractivity contribution is -0.384. The van der Waals surface area contributed by atoms with E-state index in [0.717, 1.165) is 57.5 Å². The number of carbonyl (C=O) groups is 1. The van der Waals surface area contributed by atoms with Crippen molar-refractivity contribution in [3.63, 3.8) is 0 Å². The minimum Gasteiger partial charge on any atom is -0.370 e. The minimum atomic E-state index is -0.515. The van der Waals surface area contributed by atoms with Crippen LogP contribution in [0.5, 0.6) is 0 Å². The number of hydrogen-bond donors (Lipinski definition) is 2. The summed E-state index contributed by atoms with van der Waals surface area (Å²) in [5, 5.41) is 17.8. The van der Waals surface area contributed by atoms with Gasteiger partial charge in [-0.3, -0.25) is 20.2 Å². The topological polar surface area (TPSA) is 90.8 Å². The second-order valence-corrected chi connectivity index (χ2v) is 8.74. The molecule has 1 amide bonds. The fourth-order valence-corrected chi connectivity index (χ4v) is 4.68. The Bertz CT molecular complexity index is 1050. The highest BCUT2D eigenvalue weighted by Gasteiger charge is 2.24. The van der Waals surface area contributed by atoms with Gasteiger partial charge < -0.3 is 15.1 Å². The average molecular weight is 474 g/mol. The first-order valence-electron chi connectivity index (χ1n) is 10.6. The molecule has 0 radical (unpaired) electrons. The van der Waals surface area contributed by atoms with Crippen LogP contribution in [0, 0.1) is 10.1 Å². The first kappa shape index (κ1) is 22.3. The van der Waals surface area contributed by atoms with Crippen molar-refractivity contribution in [2.24, 2.45) is 0 Å². The lowest BCUT2D eigenvalue weighted by Gasteiger charge is -2.20. The number of halogens is 1. The van der Waals surface area contributed by atoms with Crippen molar-refractivity contribution in [2.45, 2.75) is 25.7 Å². The number of nitro groups is 1. The summed E-state index contributed by atoms with van der Waals surface area (Å²) in [6.07, 6.45) is 4.32. The van der Waals surface area contributed by atoms with Crippen molar-refractivity contribution in [1.29, 1.82) is 0 Å². The Hall–Kier alpha value is -2.91. The number of rotatable bonds is 5. The summed E-state index contributed by atoms with van der Waals surface area (Å²) in [7, 11) is 0. The van der Waals surface area contributed by atoms with E-state index in [1.54, 1.807) is 18.2 Å². The molecule has 0 saturated carbocycles. The molecule has 0 aliphatic carbocycles. The number of carbonyl (C=O) groups excluding carboxylic acids is 1. The van der Waals surface area contributed by atoms with Gasteiger partial charge in [0.1, 0.15) is 5.69 Å². The van der Waals surface area contributed by atoms with E-state index >= 15 is 0 Å². The maximum absolute atomic E-state index is 12.6. The summed E-state index contributed by atoms with van der Waals surface area (Å²) in [5.74, 6) is -0.515. The Kier molecular flexibility index (Phi) is 6.76. The van der Waals surface area contributed by atoms with Gasteiger partial charge in [0.05, 0.1) is 15.6 Å². The van der Waals surface area contributed by atoms with E-state index in [2.05, 4.69) is 15.5 Å². The van der Waals surface area contributed by atoms with E-state index < -0.39 is 10.8 Å². The summed E-state index contributed by atoms with van der Waals surface area (Å²) in [5.41, 5.74) is 2.26. The van der Waals surface area contributed by atoms with Crippen molar-refractivity contribution in [1.82, 2.24) is 5.32 Å². The molecule has 2 aliphatic heterocycles. The molecule has 2 fully saturated rings. The Labute approximate surface area is 196 Å². The smallest absolute Gasteiger partial charge is 0.293 e. The summed E-state index contributed by atoms with van der Waals surface area (Å²) < 4.78 is 0. The Morgan fingerprint density at radius 3 is 2.16 bits per heavy atom. The molecule has 2 saturated heterocycles. The second kappa shape index (κ2) is 9.70. The third-order valence-corrected chi connectivity index (χ3v) is 6.27. The highest BCUT2D eigenvalue weighted by molar-refractivity contribution is 7.80. The number of hydrogen-bond acceptors (Lipinski definition) is 6. The second-order valence-electron chi connectivity index (χ2n) is 7.92. The van der Waals surface area contributed by atoms with Gasteiger partial charge in [-0.15, -0.1) is 0 Å². The van der Waals surface area contributed by atoms with E-state index in [4.69, 9.17) is 23.8 Å². The van der Waals surface area contributed by atoms with Gasteiger partial charge in [-0.05, 0) is 68.2 Å². The number of nitrogens with zero attached hydrogens (tertiary/aromatic N) is 3. The molecular formula is C22H24ClN5O3S. The molecule has 168 valence electrons. The van der Waals surface area contributed by atoms with E-state index in [9.17, 15) is 14.9 Å². The lowest BCUT2D eigenvalue weighted by atomic mass is 10.1. The Morgan fingerprint density at radius 2 is 1.56 bits per heavy atom. The van der Waals surface area contributed by atoms with Crippen molar-refractivity contribution in [3.8, 4) is 0 Å². The molecule has 0 unspecified atom stereocenters. The molecule has 2 N–H and O–H groups in total. The largest absolute Gasteiger partial charge is 0.370 e. The normalized spacial score (nSPS) is 15.7. The van der Waals surface area contributed by atoms with Crippen LogP contribution in [0.1, 0.15) is 36.0 Å². The van der Waals surface area contributed by atoms with Crippen LogP contribution in [0.15, 0.2) is 36.4 Å². The first-order chi connectivity index (χ1) is 15.4.